The molecule has 0 radical (unpaired) electrons. The average Bonchev–Trinajstić information content (AvgIpc) is 2.89. The molecule has 19 heavy (non-hydrogen) atoms. The molecule has 0 atom stereocenters. The molecule has 0 aliphatic rings. The molecule has 3 rings (SSSR count). The van der Waals surface area contributed by atoms with Crippen LogP contribution in [0.4, 0.5) is 0 Å². The van der Waals surface area contributed by atoms with E-state index >= 15 is 0 Å². The highest BCUT2D eigenvalue weighted by molar-refractivity contribution is 7.25. The molecule has 0 aliphatic heterocycles. The Labute approximate surface area is 121 Å². The fraction of sp³-hybridized carbons (Fsp3) is 0.333. The van der Waals surface area contributed by atoms with Crippen LogP contribution < -0.4 is 0 Å². The summed E-state index contributed by atoms with van der Waals surface area (Å²) < 4.78 is 2.79. The molecule has 0 saturated carbocycles. The van der Waals surface area contributed by atoms with Crippen LogP contribution in [0.1, 0.15) is 40.2 Å². The first kappa shape index (κ1) is 15.7. The maximum absolute atomic E-state index is 2.33. The summed E-state index contributed by atoms with van der Waals surface area (Å²) in [6.07, 6.45) is 1.11. The summed E-state index contributed by atoms with van der Waals surface area (Å²) in [6.45, 7) is 10.2. The zero-order chi connectivity index (χ0) is 14.3. The number of thiophene rings is 1. The van der Waals surface area contributed by atoms with Crippen molar-refractivity contribution < 1.29 is 0 Å². The van der Waals surface area contributed by atoms with Crippen LogP contribution in [0, 0.1) is 0 Å². The van der Waals surface area contributed by atoms with Gasteiger partial charge >= 0.3 is 0 Å². The molecular formula is C18H24S. The second kappa shape index (κ2) is 7.96. The van der Waals surface area contributed by atoms with Gasteiger partial charge in [-0.15, -0.1) is 11.3 Å². The molecule has 3 aromatic rings. The van der Waals surface area contributed by atoms with Crippen LogP contribution in [0.15, 0.2) is 42.5 Å². The first-order valence-corrected chi connectivity index (χ1v) is 8.10. The van der Waals surface area contributed by atoms with Gasteiger partial charge in [-0.1, -0.05) is 58.9 Å². The van der Waals surface area contributed by atoms with Crippen molar-refractivity contribution in [2.24, 2.45) is 0 Å². The Morgan fingerprint density at radius 2 is 1.42 bits per heavy atom. The third kappa shape index (κ3) is 3.36. The Morgan fingerprint density at radius 3 is 2.11 bits per heavy atom. The highest BCUT2D eigenvalue weighted by atomic mass is 32.1. The number of hydrogen-bond donors (Lipinski definition) is 0. The lowest BCUT2D eigenvalue weighted by Gasteiger charge is -1.96. The Hall–Kier alpha value is -1.34. The number of rotatable bonds is 1. The summed E-state index contributed by atoms with van der Waals surface area (Å²) in [5.41, 5.74) is 1.42. The molecule has 1 heteroatoms. The molecule has 0 unspecified atom stereocenters. The summed E-state index contributed by atoms with van der Waals surface area (Å²) in [5, 5.41) is 2.81. The van der Waals surface area contributed by atoms with E-state index in [0.29, 0.717) is 0 Å². The summed E-state index contributed by atoms with van der Waals surface area (Å²) in [4.78, 5) is 0. The molecular weight excluding hydrogens is 248 g/mol. The number of benzene rings is 2. The van der Waals surface area contributed by atoms with Crippen LogP contribution in [-0.2, 0) is 6.42 Å². The minimum absolute atomic E-state index is 1.11. The van der Waals surface area contributed by atoms with E-state index in [1.165, 1.54) is 25.7 Å². The lowest BCUT2D eigenvalue weighted by molar-refractivity contribution is 1.15. The van der Waals surface area contributed by atoms with Gasteiger partial charge in [-0.3, -0.25) is 0 Å². The van der Waals surface area contributed by atoms with Crippen LogP contribution in [0.25, 0.3) is 20.2 Å². The van der Waals surface area contributed by atoms with Crippen LogP contribution in [0.2, 0.25) is 0 Å². The van der Waals surface area contributed by atoms with Crippen LogP contribution in [0.3, 0.4) is 0 Å². The minimum atomic E-state index is 1.11. The molecule has 102 valence electrons. The second-order valence-electron chi connectivity index (χ2n) is 3.78. The van der Waals surface area contributed by atoms with Crippen molar-refractivity contribution in [3.63, 3.8) is 0 Å². The Balaban J connectivity index is 0.000000415. The highest BCUT2D eigenvalue weighted by Gasteiger charge is 2.03. The van der Waals surface area contributed by atoms with Gasteiger partial charge in [0.05, 0.1) is 0 Å². The van der Waals surface area contributed by atoms with E-state index in [2.05, 4.69) is 49.4 Å². The predicted octanol–water partition coefficient (Wildman–Crippen LogP) is 6.67. The lowest BCUT2D eigenvalue weighted by atomic mass is 10.1. The van der Waals surface area contributed by atoms with E-state index in [0.717, 1.165) is 6.42 Å². The standard InChI is InChI=1S/C14H12S.2C2H6/c1-2-10-7-8-14-12(9-10)11-5-3-4-6-13(11)15-14;2*1-2/h3-9H,2H2,1H3;2*1-2H3. The third-order valence-corrected chi connectivity index (χ3v) is 4.00. The topological polar surface area (TPSA) is 0 Å². The van der Waals surface area contributed by atoms with E-state index in [1.807, 2.05) is 39.0 Å². The molecule has 0 aliphatic carbocycles. The quantitative estimate of drug-likeness (QED) is 0.464. The fourth-order valence-corrected chi connectivity index (χ4v) is 3.08. The predicted molar refractivity (Wildman–Crippen MR) is 91.4 cm³/mol. The van der Waals surface area contributed by atoms with E-state index in [9.17, 15) is 0 Å². The number of fused-ring (bicyclic) bond motifs is 3. The van der Waals surface area contributed by atoms with Crippen molar-refractivity contribution >= 4 is 31.5 Å². The Bertz CT molecular complexity index is 620. The summed E-state index contributed by atoms with van der Waals surface area (Å²) in [6, 6.07) is 15.5. The first-order chi connectivity index (χ1) is 9.38. The van der Waals surface area contributed by atoms with E-state index in [1.54, 1.807) is 0 Å². The molecule has 2 aromatic carbocycles. The van der Waals surface area contributed by atoms with Crippen LogP contribution in [0.5, 0.6) is 0 Å². The molecule has 0 amide bonds. The smallest absolute Gasteiger partial charge is 0.0355 e. The monoisotopic (exact) mass is 272 g/mol. The fourth-order valence-electron chi connectivity index (χ4n) is 1.99. The van der Waals surface area contributed by atoms with E-state index in [-0.39, 0.29) is 0 Å². The third-order valence-electron chi connectivity index (χ3n) is 2.85. The number of hydrogen-bond acceptors (Lipinski definition) is 1. The molecule has 0 saturated heterocycles. The zero-order valence-corrected chi connectivity index (χ0v) is 13.5. The van der Waals surface area contributed by atoms with Gasteiger partial charge in [0.15, 0.2) is 0 Å². The Kier molecular flexibility index (Phi) is 6.58. The largest absolute Gasteiger partial charge is 0.135 e. The van der Waals surface area contributed by atoms with E-state index < -0.39 is 0 Å². The molecule has 0 spiro atoms. The SMILES string of the molecule is CC.CC.CCc1ccc2sc3ccccc3c2c1. The van der Waals surface area contributed by atoms with Crippen LogP contribution >= 0.6 is 11.3 Å². The first-order valence-electron chi connectivity index (χ1n) is 7.28. The van der Waals surface area contributed by atoms with Crippen molar-refractivity contribution in [1.82, 2.24) is 0 Å². The van der Waals surface area contributed by atoms with E-state index in [4.69, 9.17) is 0 Å². The number of aryl methyl sites for hydroxylation is 1. The van der Waals surface area contributed by atoms with Gasteiger partial charge in [-0.25, -0.2) is 0 Å². The highest BCUT2D eigenvalue weighted by Crippen LogP contribution is 2.33. The summed E-state index contributed by atoms with van der Waals surface area (Å²) >= 11 is 1.88. The second-order valence-corrected chi connectivity index (χ2v) is 4.87. The van der Waals surface area contributed by atoms with Crippen molar-refractivity contribution in [1.29, 1.82) is 0 Å². The van der Waals surface area contributed by atoms with Gasteiger partial charge in [0.2, 0.25) is 0 Å². The Morgan fingerprint density at radius 1 is 0.789 bits per heavy atom. The van der Waals surface area contributed by atoms with Crippen LogP contribution in [-0.4, -0.2) is 0 Å². The average molecular weight is 272 g/mol. The summed E-state index contributed by atoms with van der Waals surface area (Å²) in [7, 11) is 0. The van der Waals surface area contributed by atoms with Crippen molar-refractivity contribution in [3.8, 4) is 0 Å². The normalized spacial score (nSPS) is 9.53. The van der Waals surface area contributed by atoms with Gasteiger partial charge < -0.3 is 0 Å². The van der Waals surface area contributed by atoms with Crippen molar-refractivity contribution in [2.75, 3.05) is 0 Å². The molecule has 0 nitrogen and oxygen atoms in total. The molecule has 1 aromatic heterocycles. The summed E-state index contributed by atoms with van der Waals surface area (Å²) in [5.74, 6) is 0. The van der Waals surface area contributed by atoms with Gasteiger partial charge in [0.25, 0.3) is 0 Å². The molecule has 0 fully saturated rings. The van der Waals surface area contributed by atoms with Crippen molar-refractivity contribution in [3.05, 3.63) is 48.0 Å². The van der Waals surface area contributed by atoms with Gasteiger partial charge in [0, 0.05) is 20.2 Å². The molecule has 0 N–H and O–H groups in total. The maximum atomic E-state index is 2.33. The minimum Gasteiger partial charge on any atom is -0.135 e. The van der Waals surface area contributed by atoms with Gasteiger partial charge in [-0.2, -0.15) is 0 Å². The van der Waals surface area contributed by atoms with Gasteiger partial charge in [0.1, 0.15) is 0 Å². The molecule has 0 bridgehead atoms. The zero-order valence-electron chi connectivity index (χ0n) is 12.7. The van der Waals surface area contributed by atoms with Gasteiger partial charge in [-0.05, 0) is 30.2 Å². The molecule has 1 heterocycles. The lowest BCUT2D eigenvalue weighted by Crippen LogP contribution is -1.77. The maximum Gasteiger partial charge on any atom is 0.0355 e. The van der Waals surface area contributed by atoms with Crippen molar-refractivity contribution in [2.45, 2.75) is 41.0 Å².